The number of carbonyl (C=O) groups is 1. The lowest BCUT2D eigenvalue weighted by molar-refractivity contribution is 0.0958. The molecule has 104 valence electrons. The summed E-state index contributed by atoms with van der Waals surface area (Å²) < 4.78 is 5.72. The third kappa shape index (κ3) is 3.21. The lowest BCUT2D eigenvalue weighted by Crippen LogP contribution is -2.18. The van der Waals surface area contributed by atoms with Crippen LogP contribution in [-0.4, -0.2) is 24.2 Å². The van der Waals surface area contributed by atoms with Crippen molar-refractivity contribution in [3.05, 3.63) is 42.2 Å². The van der Waals surface area contributed by atoms with E-state index in [0.29, 0.717) is 22.9 Å². The molecule has 0 saturated heterocycles. The fraction of sp³-hybridized carbons (Fsp3) is 0.143. The van der Waals surface area contributed by atoms with Crippen molar-refractivity contribution in [1.29, 1.82) is 0 Å². The second kappa shape index (κ2) is 6.29. The van der Waals surface area contributed by atoms with Crippen LogP contribution in [0, 0.1) is 0 Å². The maximum absolute atomic E-state index is 11.5. The van der Waals surface area contributed by atoms with Crippen molar-refractivity contribution in [1.82, 2.24) is 10.3 Å². The number of thioether (sulfide) groups is 1. The topological polar surface area (TPSA) is 77.2 Å². The number of nitrogens with two attached hydrogens (primary N) is 1. The van der Waals surface area contributed by atoms with E-state index in [4.69, 9.17) is 10.5 Å². The molecule has 1 amide bonds. The first-order chi connectivity index (χ1) is 9.63. The highest BCUT2D eigenvalue weighted by atomic mass is 32.2. The molecule has 1 aromatic carbocycles. The second-order valence-electron chi connectivity index (χ2n) is 3.96. The summed E-state index contributed by atoms with van der Waals surface area (Å²) in [5.41, 5.74) is 6.86. The smallest absolute Gasteiger partial charge is 0.269 e. The number of anilines is 1. The van der Waals surface area contributed by atoms with E-state index in [-0.39, 0.29) is 5.91 Å². The number of nitrogens with zero attached hydrogens (tertiary/aromatic N) is 1. The molecule has 0 aliphatic rings. The average molecular weight is 289 g/mol. The summed E-state index contributed by atoms with van der Waals surface area (Å²) in [6.45, 7) is 0. The van der Waals surface area contributed by atoms with Gasteiger partial charge >= 0.3 is 0 Å². The van der Waals surface area contributed by atoms with Crippen molar-refractivity contribution in [3.8, 4) is 11.5 Å². The summed E-state index contributed by atoms with van der Waals surface area (Å²) in [6.07, 6.45) is 3.48. The largest absolute Gasteiger partial charge is 0.457 e. The molecule has 0 atom stereocenters. The van der Waals surface area contributed by atoms with Gasteiger partial charge in [0.1, 0.15) is 17.2 Å². The zero-order valence-corrected chi connectivity index (χ0v) is 12.0. The van der Waals surface area contributed by atoms with E-state index in [0.717, 1.165) is 4.90 Å². The van der Waals surface area contributed by atoms with E-state index in [1.165, 1.54) is 6.20 Å². The molecular formula is C14H15N3O2S. The molecule has 1 aromatic heterocycles. The van der Waals surface area contributed by atoms with Crippen molar-refractivity contribution in [3.63, 3.8) is 0 Å². The zero-order chi connectivity index (χ0) is 14.5. The van der Waals surface area contributed by atoms with Gasteiger partial charge in [0.15, 0.2) is 0 Å². The highest BCUT2D eigenvalue weighted by molar-refractivity contribution is 7.98. The molecule has 0 unspecified atom stereocenters. The standard InChI is InChI=1S/C14H15N3O2S/c1-16-14(18)12-7-10(5-6-17-12)19-9-3-4-11(15)13(8-9)20-2/h3-8H,15H2,1-2H3,(H,16,18). The number of nitrogens with one attached hydrogen (secondary N) is 1. The van der Waals surface area contributed by atoms with Gasteiger partial charge in [-0.15, -0.1) is 11.8 Å². The van der Waals surface area contributed by atoms with Crippen molar-refractivity contribution in [2.75, 3.05) is 19.0 Å². The molecule has 0 aliphatic heterocycles. The number of amides is 1. The maximum Gasteiger partial charge on any atom is 0.269 e. The number of rotatable bonds is 4. The Morgan fingerprint density at radius 1 is 1.30 bits per heavy atom. The number of nitrogen functional groups attached to an aromatic ring is 1. The molecular weight excluding hydrogens is 274 g/mol. The lowest BCUT2D eigenvalue weighted by atomic mass is 10.3. The molecule has 0 saturated carbocycles. The average Bonchev–Trinajstić information content (AvgIpc) is 2.48. The molecule has 2 rings (SSSR count). The van der Waals surface area contributed by atoms with Gasteiger partial charge in [0, 0.05) is 29.9 Å². The summed E-state index contributed by atoms with van der Waals surface area (Å²) >= 11 is 1.55. The third-order valence-corrected chi connectivity index (χ3v) is 3.43. The Morgan fingerprint density at radius 3 is 2.75 bits per heavy atom. The van der Waals surface area contributed by atoms with Gasteiger partial charge in [0.2, 0.25) is 0 Å². The molecule has 20 heavy (non-hydrogen) atoms. The molecule has 2 aromatic rings. The molecule has 5 nitrogen and oxygen atoms in total. The van der Waals surface area contributed by atoms with Gasteiger partial charge in [-0.3, -0.25) is 9.78 Å². The van der Waals surface area contributed by atoms with E-state index in [1.807, 2.05) is 12.3 Å². The van der Waals surface area contributed by atoms with Gasteiger partial charge in [-0.05, 0) is 30.5 Å². The Bertz CT molecular complexity index is 632. The minimum atomic E-state index is -0.252. The first kappa shape index (κ1) is 14.2. The monoisotopic (exact) mass is 289 g/mol. The van der Waals surface area contributed by atoms with Gasteiger partial charge in [-0.25, -0.2) is 0 Å². The van der Waals surface area contributed by atoms with E-state index in [1.54, 1.807) is 43.1 Å². The van der Waals surface area contributed by atoms with Crippen LogP contribution in [0.5, 0.6) is 11.5 Å². The predicted molar refractivity (Wildman–Crippen MR) is 80.3 cm³/mol. The van der Waals surface area contributed by atoms with Crippen LogP contribution in [0.2, 0.25) is 0 Å². The Labute approximate surface area is 121 Å². The first-order valence-corrected chi connectivity index (χ1v) is 7.16. The summed E-state index contributed by atoms with van der Waals surface area (Å²) in [7, 11) is 1.56. The SMILES string of the molecule is CNC(=O)c1cc(Oc2ccc(N)c(SC)c2)ccn1. The van der Waals surface area contributed by atoms with Crippen LogP contribution < -0.4 is 15.8 Å². The normalized spacial score (nSPS) is 10.1. The van der Waals surface area contributed by atoms with Crippen molar-refractivity contribution in [2.24, 2.45) is 0 Å². The van der Waals surface area contributed by atoms with Gasteiger partial charge in [0.25, 0.3) is 5.91 Å². The lowest BCUT2D eigenvalue weighted by Gasteiger charge is -2.09. The van der Waals surface area contributed by atoms with Crippen LogP contribution in [0.4, 0.5) is 5.69 Å². The molecule has 0 bridgehead atoms. The third-order valence-electron chi connectivity index (χ3n) is 2.63. The van der Waals surface area contributed by atoms with Crippen molar-refractivity contribution >= 4 is 23.4 Å². The number of hydrogen-bond donors (Lipinski definition) is 2. The van der Waals surface area contributed by atoms with Crippen LogP contribution in [0.25, 0.3) is 0 Å². The zero-order valence-electron chi connectivity index (χ0n) is 11.2. The number of benzene rings is 1. The molecule has 0 radical (unpaired) electrons. The maximum atomic E-state index is 11.5. The Morgan fingerprint density at radius 2 is 2.05 bits per heavy atom. The van der Waals surface area contributed by atoms with Crippen molar-refractivity contribution in [2.45, 2.75) is 4.90 Å². The number of aromatic nitrogens is 1. The number of hydrogen-bond acceptors (Lipinski definition) is 5. The van der Waals surface area contributed by atoms with E-state index < -0.39 is 0 Å². The Hall–Kier alpha value is -2.21. The Kier molecular flexibility index (Phi) is 4.47. The van der Waals surface area contributed by atoms with Gasteiger partial charge < -0.3 is 15.8 Å². The molecule has 0 fully saturated rings. The van der Waals surface area contributed by atoms with Crippen LogP contribution >= 0.6 is 11.8 Å². The van der Waals surface area contributed by atoms with E-state index in [2.05, 4.69) is 10.3 Å². The molecule has 6 heteroatoms. The van der Waals surface area contributed by atoms with E-state index in [9.17, 15) is 4.79 Å². The minimum absolute atomic E-state index is 0.252. The van der Waals surface area contributed by atoms with Crippen LogP contribution in [0.1, 0.15) is 10.5 Å². The highest BCUT2D eigenvalue weighted by Gasteiger charge is 2.07. The molecule has 3 N–H and O–H groups in total. The fourth-order valence-electron chi connectivity index (χ4n) is 1.62. The number of carbonyl (C=O) groups excluding carboxylic acids is 1. The van der Waals surface area contributed by atoms with Gasteiger partial charge in [0.05, 0.1) is 0 Å². The molecule has 0 aliphatic carbocycles. The summed E-state index contributed by atoms with van der Waals surface area (Å²) in [6, 6.07) is 8.73. The van der Waals surface area contributed by atoms with Crippen LogP contribution in [0.3, 0.4) is 0 Å². The van der Waals surface area contributed by atoms with Crippen LogP contribution in [0.15, 0.2) is 41.4 Å². The quantitative estimate of drug-likeness (QED) is 0.668. The summed E-state index contributed by atoms with van der Waals surface area (Å²) in [4.78, 5) is 16.4. The summed E-state index contributed by atoms with van der Waals surface area (Å²) in [5, 5.41) is 2.52. The van der Waals surface area contributed by atoms with Crippen molar-refractivity contribution < 1.29 is 9.53 Å². The molecule has 1 heterocycles. The van der Waals surface area contributed by atoms with Crippen LogP contribution in [-0.2, 0) is 0 Å². The summed E-state index contributed by atoms with van der Waals surface area (Å²) in [5.74, 6) is 0.964. The number of ether oxygens (including phenoxy) is 1. The Balaban J connectivity index is 2.24. The van der Waals surface area contributed by atoms with E-state index >= 15 is 0 Å². The van der Waals surface area contributed by atoms with Gasteiger partial charge in [-0.1, -0.05) is 0 Å². The molecule has 0 spiro atoms. The number of pyridine rings is 1. The minimum Gasteiger partial charge on any atom is -0.457 e. The highest BCUT2D eigenvalue weighted by Crippen LogP contribution is 2.30. The second-order valence-corrected chi connectivity index (χ2v) is 4.81. The fourth-order valence-corrected chi connectivity index (χ4v) is 2.16. The predicted octanol–water partition coefficient (Wildman–Crippen LogP) is 2.54. The van der Waals surface area contributed by atoms with Gasteiger partial charge in [-0.2, -0.15) is 0 Å². The first-order valence-electron chi connectivity index (χ1n) is 5.93.